The van der Waals surface area contributed by atoms with Crippen molar-refractivity contribution in [1.82, 2.24) is 4.98 Å². The van der Waals surface area contributed by atoms with Gasteiger partial charge < -0.3 is 14.8 Å². The molecule has 0 fully saturated rings. The molecule has 0 aliphatic heterocycles. The number of ether oxygens (including phenoxy) is 2. The number of esters is 1. The summed E-state index contributed by atoms with van der Waals surface area (Å²) in [6.07, 6.45) is 0.519. The third kappa shape index (κ3) is 6.43. The highest BCUT2D eigenvalue weighted by molar-refractivity contribution is 6.30. The molecule has 0 aliphatic rings. The maximum atomic E-state index is 12.0. The van der Waals surface area contributed by atoms with E-state index in [4.69, 9.17) is 21.1 Å². The van der Waals surface area contributed by atoms with E-state index in [2.05, 4.69) is 10.3 Å². The molecule has 2 rings (SSSR count). The number of anilines is 1. The maximum absolute atomic E-state index is 12.0. The number of amides is 1. The lowest BCUT2D eigenvalue weighted by Gasteiger charge is -2.13. The second-order valence-corrected chi connectivity index (χ2v) is 5.83. The van der Waals surface area contributed by atoms with Crippen molar-refractivity contribution in [2.24, 2.45) is 0 Å². The summed E-state index contributed by atoms with van der Waals surface area (Å²) in [7, 11) is 0. The minimum Gasteiger partial charge on any atom is -0.493 e. The third-order valence-electron chi connectivity index (χ3n) is 3.22. The zero-order valence-electron chi connectivity index (χ0n) is 14.0. The van der Waals surface area contributed by atoms with Crippen LogP contribution < -0.4 is 10.1 Å². The molecule has 0 saturated carbocycles. The van der Waals surface area contributed by atoms with E-state index in [-0.39, 0.29) is 13.0 Å². The van der Waals surface area contributed by atoms with Gasteiger partial charge in [-0.15, -0.1) is 0 Å². The van der Waals surface area contributed by atoms with Gasteiger partial charge in [0, 0.05) is 6.20 Å². The Morgan fingerprint density at radius 3 is 2.76 bits per heavy atom. The second kappa shape index (κ2) is 9.03. The molecule has 0 radical (unpaired) electrons. The Labute approximate surface area is 151 Å². The number of aryl methyl sites for hydroxylation is 1. The van der Waals surface area contributed by atoms with Gasteiger partial charge in [0.05, 0.1) is 18.1 Å². The lowest BCUT2D eigenvalue weighted by atomic mass is 10.2. The van der Waals surface area contributed by atoms with Gasteiger partial charge in [-0.1, -0.05) is 23.7 Å². The predicted molar refractivity (Wildman–Crippen MR) is 94.7 cm³/mol. The Kier molecular flexibility index (Phi) is 6.77. The molecule has 1 heterocycles. The van der Waals surface area contributed by atoms with Crippen LogP contribution in [0.4, 0.5) is 5.82 Å². The number of benzene rings is 1. The van der Waals surface area contributed by atoms with Gasteiger partial charge in [0.25, 0.3) is 5.91 Å². The van der Waals surface area contributed by atoms with Crippen LogP contribution in [0.5, 0.6) is 5.75 Å². The number of halogens is 1. The molecule has 0 unspecified atom stereocenters. The van der Waals surface area contributed by atoms with Crippen LogP contribution in [0.1, 0.15) is 18.9 Å². The summed E-state index contributed by atoms with van der Waals surface area (Å²) in [5.41, 5.74) is 1.07. The number of pyridine rings is 1. The van der Waals surface area contributed by atoms with Crippen LogP contribution in [0.3, 0.4) is 0 Å². The van der Waals surface area contributed by atoms with Crippen LogP contribution in [-0.4, -0.2) is 29.6 Å². The fourth-order valence-corrected chi connectivity index (χ4v) is 2.06. The number of carbonyl (C=O) groups excluding carboxylic acids is 2. The number of carbonyl (C=O) groups is 2. The van der Waals surface area contributed by atoms with Crippen LogP contribution in [0, 0.1) is 6.92 Å². The zero-order valence-corrected chi connectivity index (χ0v) is 14.7. The van der Waals surface area contributed by atoms with E-state index < -0.39 is 18.0 Å². The molecule has 1 N–H and O–H groups in total. The van der Waals surface area contributed by atoms with Gasteiger partial charge in [0.2, 0.25) is 0 Å². The zero-order chi connectivity index (χ0) is 18.2. The van der Waals surface area contributed by atoms with Crippen LogP contribution >= 0.6 is 11.6 Å². The SMILES string of the molecule is Cc1cccc(OCCC(=O)O[C@H](C)C(=O)Nc2ccc(Cl)cn2)c1. The molecule has 2 aromatic rings. The molecule has 1 atom stereocenters. The highest BCUT2D eigenvalue weighted by Gasteiger charge is 2.18. The Bertz CT molecular complexity index is 734. The number of nitrogens with zero attached hydrogens (tertiary/aromatic N) is 1. The van der Waals surface area contributed by atoms with E-state index in [0.29, 0.717) is 16.6 Å². The van der Waals surface area contributed by atoms with Crippen molar-refractivity contribution in [2.45, 2.75) is 26.4 Å². The first kappa shape index (κ1) is 18.7. The Morgan fingerprint density at radius 1 is 1.28 bits per heavy atom. The van der Waals surface area contributed by atoms with Gasteiger partial charge in [-0.3, -0.25) is 9.59 Å². The van der Waals surface area contributed by atoms with Gasteiger partial charge >= 0.3 is 5.97 Å². The number of aromatic nitrogens is 1. The molecule has 6 nitrogen and oxygen atoms in total. The molecular formula is C18H19ClN2O4. The van der Waals surface area contributed by atoms with E-state index in [0.717, 1.165) is 5.56 Å². The van der Waals surface area contributed by atoms with Gasteiger partial charge in [0.1, 0.15) is 11.6 Å². The summed E-state index contributed by atoms with van der Waals surface area (Å²) in [5, 5.41) is 3.01. The monoisotopic (exact) mass is 362 g/mol. The minimum absolute atomic E-state index is 0.0464. The fourth-order valence-electron chi connectivity index (χ4n) is 1.94. The molecule has 1 aromatic heterocycles. The molecule has 132 valence electrons. The van der Waals surface area contributed by atoms with E-state index in [9.17, 15) is 9.59 Å². The summed E-state index contributed by atoms with van der Waals surface area (Å²) >= 11 is 5.72. The highest BCUT2D eigenvalue weighted by Crippen LogP contribution is 2.13. The molecular weight excluding hydrogens is 344 g/mol. The molecule has 0 aliphatic carbocycles. The molecule has 0 bridgehead atoms. The number of rotatable bonds is 7. The topological polar surface area (TPSA) is 77.5 Å². The van der Waals surface area contributed by atoms with Crippen LogP contribution in [0.15, 0.2) is 42.6 Å². The first-order valence-corrected chi connectivity index (χ1v) is 8.13. The standard InChI is InChI=1S/C18H19ClN2O4/c1-12-4-3-5-15(10-12)24-9-8-17(22)25-13(2)18(23)21-16-7-6-14(19)11-20-16/h3-7,10-11,13H,8-9H2,1-2H3,(H,20,21,23)/t13-/m1/s1. The van der Waals surface area contributed by atoms with Crippen LogP contribution in [-0.2, 0) is 14.3 Å². The number of hydrogen-bond donors (Lipinski definition) is 1. The van der Waals surface area contributed by atoms with Crippen molar-refractivity contribution in [2.75, 3.05) is 11.9 Å². The Morgan fingerprint density at radius 2 is 2.08 bits per heavy atom. The van der Waals surface area contributed by atoms with Crippen molar-refractivity contribution >= 4 is 29.3 Å². The van der Waals surface area contributed by atoms with E-state index >= 15 is 0 Å². The summed E-state index contributed by atoms with van der Waals surface area (Å²) in [5.74, 6) is 0.0367. The van der Waals surface area contributed by atoms with Crippen molar-refractivity contribution in [3.8, 4) is 5.75 Å². The van der Waals surface area contributed by atoms with Crippen molar-refractivity contribution in [1.29, 1.82) is 0 Å². The average Bonchev–Trinajstić information content (AvgIpc) is 2.57. The van der Waals surface area contributed by atoms with E-state index in [1.54, 1.807) is 12.1 Å². The molecule has 25 heavy (non-hydrogen) atoms. The number of hydrogen-bond acceptors (Lipinski definition) is 5. The predicted octanol–water partition coefficient (Wildman–Crippen LogP) is 3.38. The van der Waals surface area contributed by atoms with Crippen LogP contribution in [0.25, 0.3) is 0 Å². The van der Waals surface area contributed by atoms with Gasteiger partial charge in [-0.05, 0) is 43.7 Å². The van der Waals surface area contributed by atoms with Gasteiger partial charge in [-0.25, -0.2) is 4.98 Å². The lowest BCUT2D eigenvalue weighted by molar-refractivity contribution is -0.153. The molecule has 0 spiro atoms. The van der Waals surface area contributed by atoms with Gasteiger partial charge in [-0.2, -0.15) is 0 Å². The average molecular weight is 363 g/mol. The van der Waals surface area contributed by atoms with Crippen molar-refractivity contribution in [3.63, 3.8) is 0 Å². The number of nitrogens with one attached hydrogen (secondary N) is 1. The van der Waals surface area contributed by atoms with E-state index in [1.807, 2.05) is 31.2 Å². The van der Waals surface area contributed by atoms with Crippen molar-refractivity contribution in [3.05, 3.63) is 53.2 Å². The summed E-state index contributed by atoms with van der Waals surface area (Å²) < 4.78 is 10.6. The minimum atomic E-state index is -0.941. The van der Waals surface area contributed by atoms with Crippen LogP contribution in [0.2, 0.25) is 5.02 Å². The fraction of sp³-hybridized carbons (Fsp3) is 0.278. The maximum Gasteiger partial charge on any atom is 0.310 e. The second-order valence-electron chi connectivity index (χ2n) is 5.40. The Hall–Kier alpha value is -2.60. The first-order valence-electron chi connectivity index (χ1n) is 7.75. The third-order valence-corrected chi connectivity index (χ3v) is 3.44. The van der Waals surface area contributed by atoms with Crippen molar-refractivity contribution < 1.29 is 19.1 Å². The summed E-state index contributed by atoms with van der Waals surface area (Å²) in [4.78, 5) is 27.7. The van der Waals surface area contributed by atoms with Gasteiger partial charge in [0.15, 0.2) is 6.10 Å². The Balaban J connectivity index is 1.73. The molecule has 0 saturated heterocycles. The summed E-state index contributed by atoms with van der Waals surface area (Å²) in [6, 6.07) is 10.7. The lowest BCUT2D eigenvalue weighted by Crippen LogP contribution is -2.30. The van der Waals surface area contributed by atoms with E-state index in [1.165, 1.54) is 13.1 Å². The highest BCUT2D eigenvalue weighted by atomic mass is 35.5. The molecule has 7 heteroatoms. The largest absolute Gasteiger partial charge is 0.493 e. The normalized spacial score (nSPS) is 11.5. The first-order chi connectivity index (χ1) is 11.9. The smallest absolute Gasteiger partial charge is 0.310 e. The molecule has 1 amide bonds. The quantitative estimate of drug-likeness (QED) is 0.764. The summed E-state index contributed by atoms with van der Waals surface area (Å²) in [6.45, 7) is 3.62. The molecule has 1 aromatic carbocycles.